The van der Waals surface area contributed by atoms with E-state index in [4.69, 9.17) is 10.5 Å². The number of carbonyl (C=O) groups is 1. The molecule has 0 amide bonds. The standard InChI is InChI=1S/C27H29F3N4O3S/c1-26(2,3)24(36)37-14-20(15-4-7-18(8-5-15)27(28,29)30)21(31)12-33-25-34-13-22(38-25)16-6-9-19-17(10-16)11-32-23(19)35/h4-11,13,20-21,32,35H,12,14,31H2,1-3H3,(H,33,34)/t20-,21+/m0/s1. The maximum absolute atomic E-state index is 13.1. The van der Waals surface area contributed by atoms with Crippen molar-refractivity contribution in [1.29, 1.82) is 0 Å². The van der Waals surface area contributed by atoms with Crippen molar-refractivity contribution in [2.45, 2.75) is 38.9 Å². The SMILES string of the molecule is CC(C)(C)C(=O)OC[C@@H](c1ccc(C(F)(F)F)cc1)[C@H](N)CNc1ncc(-c2ccc3c(O)[nH]cc3c2)s1. The van der Waals surface area contributed by atoms with Gasteiger partial charge in [-0.1, -0.05) is 29.5 Å². The molecule has 202 valence electrons. The molecule has 0 aliphatic rings. The van der Waals surface area contributed by atoms with Crippen molar-refractivity contribution < 1.29 is 27.8 Å². The van der Waals surface area contributed by atoms with Gasteiger partial charge >= 0.3 is 12.1 Å². The van der Waals surface area contributed by atoms with Gasteiger partial charge in [0.15, 0.2) is 11.0 Å². The minimum Gasteiger partial charge on any atom is -0.494 e. The van der Waals surface area contributed by atoms with Crippen LogP contribution in [0.1, 0.15) is 37.8 Å². The van der Waals surface area contributed by atoms with Crippen LogP contribution >= 0.6 is 11.3 Å². The Hall–Kier alpha value is -3.57. The van der Waals surface area contributed by atoms with Gasteiger partial charge in [0, 0.05) is 41.7 Å². The Morgan fingerprint density at radius 1 is 1.18 bits per heavy atom. The van der Waals surface area contributed by atoms with Crippen molar-refractivity contribution in [3.05, 3.63) is 66.0 Å². The molecule has 0 saturated heterocycles. The molecular formula is C27H29F3N4O3S. The third-order valence-corrected chi connectivity index (χ3v) is 7.14. The van der Waals surface area contributed by atoms with Crippen LogP contribution in [0.5, 0.6) is 5.88 Å². The van der Waals surface area contributed by atoms with Crippen LogP contribution in [-0.2, 0) is 15.7 Å². The van der Waals surface area contributed by atoms with Gasteiger partial charge in [0.2, 0.25) is 0 Å². The fraction of sp³-hybridized carbons (Fsp3) is 0.333. The molecule has 0 aliphatic carbocycles. The number of carbonyl (C=O) groups excluding carboxylic acids is 1. The first kappa shape index (κ1) is 27.5. The first-order valence-electron chi connectivity index (χ1n) is 11.9. The van der Waals surface area contributed by atoms with E-state index in [1.165, 1.54) is 23.5 Å². The van der Waals surface area contributed by atoms with Crippen LogP contribution in [0, 0.1) is 5.41 Å². The van der Waals surface area contributed by atoms with Gasteiger partial charge in [-0.15, -0.1) is 0 Å². The topological polar surface area (TPSA) is 113 Å². The first-order chi connectivity index (χ1) is 17.8. The fourth-order valence-corrected chi connectivity index (χ4v) is 4.70. The highest BCUT2D eigenvalue weighted by Crippen LogP contribution is 2.34. The monoisotopic (exact) mass is 546 g/mol. The number of nitrogens with two attached hydrogens (primary N) is 1. The fourth-order valence-electron chi connectivity index (χ4n) is 3.88. The number of aromatic hydroxyl groups is 1. The Morgan fingerprint density at radius 2 is 1.89 bits per heavy atom. The molecule has 2 aromatic carbocycles. The van der Waals surface area contributed by atoms with E-state index in [1.807, 2.05) is 18.2 Å². The number of fused-ring (bicyclic) bond motifs is 1. The summed E-state index contributed by atoms with van der Waals surface area (Å²) in [4.78, 5) is 20.5. The molecule has 0 saturated carbocycles. The minimum absolute atomic E-state index is 0.0725. The highest BCUT2D eigenvalue weighted by atomic mass is 32.1. The summed E-state index contributed by atoms with van der Waals surface area (Å²) in [5.41, 5.74) is 6.45. The number of benzene rings is 2. The minimum atomic E-state index is -4.45. The number of anilines is 1. The zero-order chi connectivity index (χ0) is 27.7. The van der Waals surface area contributed by atoms with Crippen molar-refractivity contribution >= 4 is 33.2 Å². The molecule has 11 heteroatoms. The molecule has 38 heavy (non-hydrogen) atoms. The molecule has 2 heterocycles. The number of rotatable bonds is 8. The zero-order valence-corrected chi connectivity index (χ0v) is 21.9. The lowest BCUT2D eigenvalue weighted by atomic mass is 9.91. The van der Waals surface area contributed by atoms with Crippen LogP contribution in [0.4, 0.5) is 18.3 Å². The van der Waals surface area contributed by atoms with Crippen molar-refractivity contribution in [3.63, 3.8) is 0 Å². The molecular weight excluding hydrogens is 517 g/mol. The Bertz CT molecular complexity index is 1410. The average molecular weight is 547 g/mol. The van der Waals surface area contributed by atoms with Crippen LogP contribution in [0.2, 0.25) is 0 Å². The number of alkyl halides is 3. The second-order valence-electron chi connectivity index (χ2n) is 10.1. The average Bonchev–Trinajstić information content (AvgIpc) is 3.48. The maximum atomic E-state index is 13.1. The van der Waals surface area contributed by atoms with E-state index in [0.717, 1.165) is 33.3 Å². The molecule has 0 radical (unpaired) electrons. The van der Waals surface area contributed by atoms with E-state index in [-0.39, 0.29) is 19.0 Å². The Kier molecular flexibility index (Phi) is 7.70. The number of aromatic nitrogens is 2. The summed E-state index contributed by atoms with van der Waals surface area (Å²) < 4.78 is 44.6. The summed E-state index contributed by atoms with van der Waals surface area (Å²) in [6.07, 6.45) is -1.00. The number of thiazole rings is 1. The van der Waals surface area contributed by atoms with E-state index >= 15 is 0 Å². The van der Waals surface area contributed by atoms with Crippen molar-refractivity contribution in [1.82, 2.24) is 9.97 Å². The number of H-pyrrole nitrogens is 1. The van der Waals surface area contributed by atoms with E-state index in [9.17, 15) is 23.1 Å². The highest BCUT2D eigenvalue weighted by molar-refractivity contribution is 7.18. The summed E-state index contributed by atoms with van der Waals surface area (Å²) in [6.45, 7) is 5.34. The number of aromatic amines is 1. The van der Waals surface area contributed by atoms with E-state index in [2.05, 4.69) is 15.3 Å². The van der Waals surface area contributed by atoms with Gasteiger partial charge < -0.3 is 25.9 Å². The highest BCUT2D eigenvalue weighted by Gasteiger charge is 2.31. The van der Waals surface area contributed by atoms with Crippen LogP contribution < -0.4 is 11.1 Å². The molecule has 4 aromatic rings. The molecule has 0 spiro atoms. The van der Waals surface area contributed by atoms with Crippen LogP contribution in [0.25, 0.3) is 21.2 Å². The lowest BCUT2D eigenvalue weighted by Gasteiger charge is -2.26. The molecule has 0 fully saturated rings. The second-order valence-corrected chi connectivity index (χ2v) is 11.1. The third kappa shape index (κ3) is 6.28. The maximum Gasteiger partial charge on any atom is 0.416 e. The lowest BCUT2D eigenvalue weighted by molar-refractivity contribution is -0.153. The number of halogens is 3. The van der Waals surface area contributed by atoms with Crippen molar-refractivity contribution in [2.24, 2.45) is 11.1 Å². The lowest BCUT2D eigenvalue weighted by Crippen LogP contribution is -2.39. The van der Waals surface area contributed by atoms with Gasteiger partial charge in [0.25, 0.3) is 0 Å². The molecule has 0 unspecified atom stereocenters. The molecule has 5 N–H and O–H groups in total. The van der Waals surface area contributed by atoms with Crippen LogP contribution in [0.3, 0.4) is 0 Å². The van der Waals surface area contributed by atoms with E-state index < -0.39 is 35.1 Å². The number of hydrogen-bond donors (Lipinski definition) is 4. The predicted molar refractivity (Wildman–Crippen MR) is 142 cm³/mol. The first-order valence-corrected chi connectivity index (χ1v) is 12.7. The largest absolute Gasteiger partial charge is 0.494 e. The predicted octanol–water partition coefficient (Wildman–Crippen LogP) is 6.13. The van der Waals surface area contributed by atoms with Gasteiger partial charge in [-0.05, 0) is 56.2 Å². The molecule has 7 nitrogen and oxygen atoms in total. The van der Waals surface area contributed by atoms with Gasteiger partial charge in [0.05, 0.1) is 22.5 Å². The molecule has 0 bridgehead atoms. The quantitative estimate of drug-likeness (QED) is 0.198. The number of nitrogens with one attached hydrogen (secondary N) is 2. The summed E-state index contributed by atoms with van der Waals surface area (Å²) in [5.74, 6) is -0.853. The van der Waals surface area contributed by atoms with Crippen molar-refractivity contribution in [2.75, 3.05) is 18.5 Å². The zero-order valence-electron chi connectivity index (χ0n) is 21.1. The summed E-state index contributed by atoms with van der Waals surface area (Å²) in [7, 11) is 0. The third-order valence-electron chi connectivity index (χ3n) is 6.14. The molecule has 0 aliphatic heterocycles. The number of ether oxygens (including phenoxy) is 1. The summed E-state index contributed by atoms with van der Waals surface area (Å²) >= 11 is 1.42. The molecule has 2 atom stereocenters. The van der Waals surface area contributed by atoms with Gasteiger partial charge in [-0.2, -0.15) is 13.2 Å². The van der Waals surface area contributed by atoms with E-state index in [1.54, 1.807) is 33.2 Å². The Morgan fingerprint density at radius 3 is 2.55 bits per heavy atom. The van der Waals surface area contributed by atoms with Crippen molar-refractivity contribution in [3.8, 4) is 16.3 Å². The molecule has 4 rings (SSSR count). The summed E-state index contributed by atoms with van der Waals surface area (Å²) in [5, 5.41) is 15.2. The van der Waals surface area contributed by atoms with Gasteiger partial charge in [-0.25, -0.2) is 4.98 Å². The number of esters is 1. The number of nitrogens with zero attached hydrogens (tertiary/aromatic N) is 1. The van der Waals surface area contributed by atoms with Gasteiger partial charge in [-0.3, -0.25) is 4.79 Å². The Balaban J connectivity index is 1.47. The van der Waals surface area contributed by atoms with Crippen LogP contribution in [0.15, 0.2) is 54.9 Å². The van der Waals surface area contributed by atoms with Crippen LogP contribution in [-0.4, -0.2) is 40.2 Å². The smallest absolute Gasteiger partial charge is 0.416 e. The summed E-state index contributed by atoms with van der Waals surface area (Å²) in [6, 6.07) is 9.81. The normalized spacial score (nSPS) is 13.9. The molecule has 2 aromatic heterocycles. The number of hydrogen-bond acceptors (Lipinski definition) is 7. The Labute approximate surface area is 221 Å². The van der Waals surface area contributed by atoms with Gasteiger partial charge in [0.1, 0.15) is 0 Å². The second kappa shape index (κ2) is 10.7. The van der Waals surface area contributed by atoms with E-state index in [0.29, 0.717) is 10.7 Å².